The molecule has 0 bridgehead atoms. The number of nitrogens with zero attached hydrogens (tertiary/aromatic N) is 3. The minimum absolute atomic E-state index is 0.203. The number of methoxy groups -OCH3 is 1. The first-order chi connectivity index (χ1) is 16.7. The summed E-state index contributed by atoms with van der Waals surface area (Å²) in [5.41, 5.74) is 6.42. The van der Waals surface area contributed by atoms with Gasteiger partial charge < -0.3 is 14.0 Å². The minimum atomic E-state index is -0.203. The van der Waals surface area contributed by atoms with Gasteiger partial charge >= 0.3 is 0 Å². The van der Waals surface area contributed by atoms with Crippen molar-refractivity contribution in [3.05, 3.63) is 83.9 Å². The third-order valence-electron chi connectivity index (χ3n) is 5.10. The van der Waals surface area contributed by atoms with Gasteiger partial charge in [-0.05, 0) is 48.4 Å². The van der Waals surface area contributed by atoms with Gasteiger partial charge in [-0.3, -0.25) is 4.79 Å². The van der Waals surface area contributed by atoms with Crippen LogP contribution in [0.4, 0.5) is 0 Å². The van der Waals surface area contributed by atoms with Crippen molar-refractivity contribution in [2.45, 2.75) is 25.2 Å². The molecule has 7 nitrogen and oxygen atoms in total. The fourth-order valence-corrected chi connectivity index (χ4v) is 4.30. The maximum Gasteiger partial charge on any atom is 0.250 e. The second kappa shape index (κ2) is 11.4. The molecule has 4 rings (SSSR count). The summed E-state index contributed by atoms with van der Waals surface area (Å²) in [6.07, 6.45) is 1.58. The molecular weight excluding hydrogens is 448 g/mol. The van der Waals surface area contributed by atoms with E-state index in [0.717, 1.165) is 33.9 Å². The third kappa shape index (κ3) is 5.77. The van der Waals surface area contributed by atoms with E-state index in [1.54, 1.807) is 13.3 Å². The van der Waals surface area contributed by atoms with Gasteiger partial charge in [0.2, 0.25) is 0 Å². The molecule has 0 radical (unpaired) electrons. The highest BCUT2D eigenvalue weighted by atomic mass is 32.2. The van der Waals surface area contributed by atoms with E-state index in [-0.39, 0.29) is 11.7 Å². The fourth-order valence-electron chi connectivity index (χ4n) is 3.43. The van der Waals surface area contributed by atoms with E-state index in [1.807, 2.05) is 72.8 Å². The maximum atomic E-state index is 12.3. The summed E-state index contributed by atoms with van der Waals surface area (Å²) in [7, 11) is 1.59. The number of thioether (sulfide) groups is 1. The first-order valence-electron chi connectivity index (χ1n) is 10.9. The summed E-state index contributed by atoms with van der Waals surface area (Å²) in [6, 6.07) is 23.4. The van der Waals surface area contributed by atoms with Gasteiger partial charge in [0.1, 0.15) is 6.61 Å². The van der Waals surface area contributed by atoms with E-state index in [2.05, 4.69) is 27.0 Å². The molecule has 3 aromatic carbocycles. The summed E-state index contributed by atoms with van der Waals surface area (Å²) in [4.78, 5) is 16.9. The smallest absolute Gasteiger partial charge is 0.250 e. The van der Waals surface area contributed by atoms with Crippen molar-refractivity contribution in [3.8, 4) is 11.5 Å². The predicted octanol–water partition coefficient (Wildman–Crippen LogP) is 4.89. The number of hydrazone groups is 1. The average Bonchev–Trinajstić information content (AvgIpc) is 3.24. The largest absolute Gasteiger partial charge is 0.493 e. The quantitative estimate of drug-likeness (QED) is 0.201. The van der Waals surface area contributed by atoms with Crippen molar-refractivity contribution in [1.29, 1.82) is 0 Å². The van der Waals surface area contributed by atoms with E-state index in [0.29, 0.717) is 18.1 Å². The molecule has 0 aliphatic rings. The number of ether oxygens (including phenoxy) is 2. The molecule has 0 atom stereocenters. The van der Waals surface area contributed by atoms with Gasteiger partial charge in [0.15, 0.2) is 16.7 Å². The van der Waals surface area contributed by atoms with Crippen LogP contribution in [0.5, 0.6) is 11.5 Å². The van der Waals surface area contributed by atoms with Crippen LogP contribution >= 0.6 is 11.8 Å². The number of para-hydroxylation sites is 2. The number of hydrogen-bond acceptors (Lipinski definition) is 6. The summed E-state index contributed by atoms with van der Waals surface area (Å²) in [6.45, 7) is 3.30. The van der Waals surface area contributed by atoms with Crippen molar-refractivity contribution in [2.75, 3.05) is 12.9 Å². The lowest BCUT2D eigenvalue weighted by molar-refractivity contribution is -0.118. The van der Waals surface area contributed by atoms with Crippen LogP contribution < -0.4 is 14.9 Å². The van der Waals surface area contributed by atoms with E-state index in [4.69, 9.17) is 9.47 Å². The molecule has 1 N–H and O–H groups in total. The lowest BCUT2D eigenvalue weighted by Gasteiger charge is -2.11. The lowest BCUT2D eigenvalue weighted by Crippen LogP contribution is -2.20. The normalized spacial score (nSPS) is 11.1. The Labute approximate surface area is 202 Å². The molecule has 1 aromatic heterocycles. The van der Waals surface area contributed by atoms with Crippen LogP contribution in [0.3, 0.4) is 0 Å². The zero-order valence-corrected chi connectivity index (χ0v) is 19.9. The summed E-state index contributed by atoms with van der Waals surface area (Å²) in [5.74, 6) is 1.25. The highest BCUT2D eigenvalue weighted by Crippen LogP contribution is 2.28. The van der Waals surface area contributed by atoms with E-state index >= 15 is 0 Å². The van der Waals surface area contributed by atoms with Crippen LogP contribution in [0.15, 0.2) is 83.1 Å². The van der Waals surface area contributed by atoms with Gasteiger partial charge in [0, 0.05) is 6.54 Å². The molecule has 0 saturated carbocycles. The number of rotatable bonds is 10. The number of benzene rings is 3. The van der Waals surface area contributed by atoms with Gasteiger partial charge in [-0.1, -0.05) is 54.2 Å². The summed E-state index contributed by atoms with van der Waals surface area (Å²) in [5, 5.41) is 4.89. The van der Waals surface area contributed by atoms with Crippen LogP contribution in [0, 0.1) is 0 Å². The molecule has 1 amide bonds. The Morgan fingerprint density at radius 1 is 1.09 bits per heavy atom. The SMILES string of the molecule is CCn1c(SCC(=O)N/N=C\c2ccc(OCc3ccccc3)c(OC)c2)nc2ccccc21. The molecule has 34 heavy (non-hydrogen) atoms. The fraction of sp³-hybridized carbons (Fsp3) is 0.192. The number of imidazole rings is 1. The summed E-state index contributed by atoms with van der Waals surface area (Å²) >= 11 is 1.39. The van der Waals surface area contributed by atoms with Crippen molar-refractivity contribution in [3.63, 3.8) is 0 Å². The number of fused-ring (bicyclic) bond motifs is 1. The molecule has 0 aliphatic carbocycles. The second-order valence-electron chi connectivity index (χ2n) is 7.39. The number of amides is 1. The van der Waals surface area contributed by atoms with Gasteiger partial charge in [0.05, 0.1) is 30.1 Å². The molecule has 0 fully saturated rings. The monoisotopic (exact) mass is 474 g/mol. The molecule has 0 aliphatic heterocycles. The molecular formula is C26H26N4O3S. The molecule has 0 saturated heterocycles. The van der Waals surface area contributed by atoms with Crippen LogP contribution in [0.25, 0.3) is 11.0 Å². The molecule has 4 aromatic rings. The van der Waals surface area contributed by atoms with Crippen LogP contribution in [-0.4, -0.2) is 34.5 Å². The van der Waals surface area contributed by atoms with E-state index in [1.165, 1.54) is 11.8 Å². The zero-order chi connectivity index (χ0) is 23.8. The highest BCUT2D eigenvalue weighted by Gasteiger charge is 2.11. The Hall–Kier alpha value is -3.78. The minimum Gasteiger partial charge on any atom is -0.493 e. The predicted molar refractivity (Wildman–Crippen MR) is 136 cm³/mol. The van der Waals surface area contributed by atoms with E-state index < -0.39 is 0 Å². The molecule has 174 valence electrons. The second-order valence-corrected chi connectivity index (χ2v) is 8.34. The zero-order valence-electron chi connectivity index (χ0n) is 19.1. The van der Waals surface area contributed by atoms with Gasteiger partial charge in [-0.15, -0.1) is 0 Å². The van der Waals surface area contributed by atoms with Crippen molar-refractivity contribution < 1.29 is 14.3 Å². The van der Waals surface area contributed by atoms with Crippen LogP contribution in [0.1, 0.15) is 18.1 Å². The number of carbonyl (C=O) groups excluding carboxylic acids is 1. The number of carbonyl (C=O) groups is 1. The first-order valence-corrected chi connectivity index (χ1v) is 11.9. The Morgan fingerprint density at radius 2 is 1.88 bits per heavy atom. The topological polar surface area (TPSA) is 77.7 Å². The lowest BCUT2D eigenvalue weighted by atomic mass is 10.2. The van der Waals surface area contributed by atoms with Crippen molar-refractivity contribution in [2.24, 2.45) is 5.10 Å². The molecule has 0 spiro atoms. The van der Waals surface area contributed by atoms with E-state index in [9.17, 15) is 4.79 Å². The van der Waals surface area contributed by atoms with Gasteiger partial charge in [-0.25, -0.2) is 10.4 Å². The maximum absolute atomic E-state index is 12.3. The number of aryl methyl sites for hydroxylation is 1. The van der Waals surface area contributed by atoms with Crippen LogP contribution in [0.2, 0.25) is 0 Å². The Morgan fingerprint density at radius 3 is 2.68 bits per heavy atom. The number of nitrogens with one attached hydrogen (secondary N) is 1. The standard InChI is InChI=1S/C26H26N4O3S/c1-3-30-22-12-8-7-11-21(22)28-26(30)34-18-25(31)29-27-16-20-13-14-23(24(15-20)32-2)33-17-19-9-5-4-6-10-19/h4-16H,3,17-18H2,1-2H3,(H,29,31)/b27-16-. The van der Waals surface area contributed by atoms with Gasteiger partial charge in [0.25, 0.3) is 5.91 Å². The van der Waals surface area contributed by atoms with Crippen LogP contribution in [-0.2, 0) is 17.9 Å². The Bertz CT molecular complexity index is 1290. The highest BCUT2D eigenvalue weighted by molar-refractivity contribution is 7.99. The first kappa shape index (κ1) is 23.4. The Balaban J connectivity index is 1.31. The molecule has 8 heteroatoms. The molecule has 1 heterocycles. The Kier molecular flexibility index (Phi) is 7.83. The van der Waals surface area contributed by atoms with Crippen molar-refractivity contribution in [1.82, 2.24) is 15.0 Å². The number of aromatic nitrogens is 2. The van der Waals surface area contributed by atoms with Gasteiger partial charge in [-0.2, -0.15) is 5.10 Å². The summed E-state index contributed by atoms with van der Waals surface area (Å²) < 4.78 is 13.4. The average molecular weight is 475 g/mol. The number of hydrogen-bond donors (Lipinski definition) is 1. The molecule has 0 unspecified atom stereocenters. The van der Waals surface area contributed by atoms with Crippen molar-refractivity contribution >= 4 is 34.9 Å². The third-order valence-corrected chi connectivity index (χ3v) is 6.07.